The van der Waals surface area contributed by atoms with Crippen molar-refractivity contribution < 1.29 is 9.53 Å². The van der Waals surface area contributed by atoms with Gasteiger partial charge in [0.25, 0.3) is 5.91 Å². The van der Waals surface area contributed by atoms with Crippen molar-refractivity contribution >= 4 is 11.6 Å². The first kappa shape index (κ1) is 10.9. The van der Waals surface area contributed by atoms with Crippen molar-refractivity contribution in [2.45, 2.75) is 13.0 Å². The molecule has 16 heavy (non-hydrogen) atoms. The number of amides is 1. The van der Waals surface area contributed by atoms with Crippen molar-refractivity contribution in [2.75, 3.05) is 25.4 Å². The Hall–Kier alpha value is -1.62. The quantitative estimate of drug-likeness (QED) is 0.750. The molecule has 1 saturated heterocycles. The molecule has 2 heterocycles. The molecule has 1 atom stereocenters. The van der Waals surface area contributed by atoms with Crippen molar-refractivity contribution in [3.8, 4) is 0 Å². The zero-order valence-electron chi connectivity index (χ0n) is 9.22. The summed E-state index contributed by atoms with van der Waals surface area (Å²) in [6, 6.07) is 3.34. The van der Waals surface area contributed by atoms with Crippen LogP contribution in [0.15, 0.2) is 18.3 Å². The molecule has 1 aliphatic heterocycles. The molecule has 1 aliphatic rings. The van der Waals surface area contributed by atoms with Crippen molar-refractivity contribution in [2.24, 2.45) is 0 Å². The molecular formula is C11H15N3O2. The number of nitrogens with two attached hydrogens (primary N) is 1. The number of aromatic nitrogens is 1. The van der Waals surface area contributed by atoms with Crippen LogP contribution in [0.4, 0.5) is 5.69 Å². The fraction of sp³-hybridized carbons (Fsp3) is 0.455. The van der Waals surface area contributed by atoms with Gasteiger partial charge in [-0.05, 0) is 19.1 Å². The van der Waals surface area contributed by atoms with Crippen LogP contribution in [-0.2, 0) is 4.74 Å². The summed E-state index contributed by atoms with van der Waals surface area (Å²) in [6.07, 6.45) is 1.59. The minimum Gasteiger partial charge on any atom is -0.397 e. The van der Waals surface area contributed by atoms with Crippen molar-refractivity contribution in [1.29, 1.82) is 0 Å². The molecule has 0 aliphatic carbocycles. The molecule has 0 saturated carbocycles. The SMILES string of the molecule is CC1CN(C(=O)c2ccc(N)cn2)CCO1. The molecule has 5 nitrogen and oxygen atoms in total. The molecule has 5 heteroatoms. The first-order valence-corrected chi connectivity index (χ1v) is 5.29. The Labute approximate surface area is 94.2 Å². The maximum absolute atomic E-state index is 12.0. The number of carbonyl (C=O) groups is 1. The highest BCUT2D eigenvalue weighted by Gasteiger charge is 2.22. The van der Waals surface area contributed by atoms with Crippen LogP contribution in [0.5, 0.6) is 0 Å². The second kappa shape index (κ2) is 4.49. The Morgan fingerprint density at radius 1 is 1.62 bits per heavy atom. The number of nitrogen functional groups attached to an aromatic ring is 1. The van der Waals surface area contributed by atoms with E-state index in [1.54, 1.807) is 17.0 Å². The van der Waals surface area contributed by atoms with Crippen LogP contribution in [0.3, 0.4) is 0 Å². The summed E-state index contributed by atoms with van der Waals surface area (Å²) in [4.78, 5) is 17.8. The third-order valence-electron chi connectivity index (χ3n) is 2.53. The summed E-state index contributed by atoms with van der Waals surface area (Å²) in [5.41, 5.74) is 6.52. The topological polar surface area (TPSA) is 68.5 Å². The van der Waals surface area contributed by atoms with Crippen molar-refractivity contribution in [1.82, 2.24) is 9.88 Å². The maximum Gasteiger partial charge on any atom is 0.272 e. The third kappa shape index (κ3) is 2.30. The van der Waals surface area contributed by atoms with E-state index >= 15 is 0 Å². The molecule has 0 bridgehead atoms. The Morgan fingerprint density at radius 2 is 2.44 bits per heavy atom. The second-order valence-electron chi connectivity index (χ2n) is 3.91. The van der Waals surface area contributed by atoms with Gasteiger partial charge in [-0.2, -0.15) is 0 Å². The van der Waals surface area contributed by atoms with E-state index in [1.807, 2.05) is 6.92 Å². The normalized spacial score (nSPS) is 20.8. The molecule has 1 amide bonds. The number of carbonyl (C=O) groups excluding carboxylic acids is 1. The minimum absolute atomic E-state index is 0.0600. The summed E-state index contributed by atoms with van der Waals surface area (Å²) in [7, 11) is 0. The number of hydrogen-bond donors (Lipinski definition) is 1. The Morgan fingerprint density at radius 3 is 3.06 bits per heavy atom. The van der Waals surface area contributed by atoms with Crippen LogP contribution < -0.4 is 5.73 Å². The number of anilines is 1. The number of hydrogen-bond acceptors (Lipinski definition) is 4. The minimum atomic E-state index is -0.0600. The van der Waals surface area contributed by atoms with Crippen molar-refractivity contribution in [3.05, 3.63) is 24.0 Å². The van der Waals surface area contributed by atoms with Gasteiger partial charge in [0.2, 0.25) is 0 Å². The van der Waals surface area contributed by atoms with Gasteiger partial charge < -0.3 is 15.4 Å². The lowest BCUT2D eigenvalue weighted by molar-refractivity contribution is -0.0126. The van der Waals surface area contributed by atoms with E-state index in [-0.39, 0.29) is 12.0 Å². The van der Waals surface area contributed by atoms with Gasteiger partial charge in [-0.25, -0.2) is 4.98 Å². The lowest BCUT2D eigenvalue weighted by Crippen LogP contribution is -2.44. The molecule has 86 valence electrons. The molecule has 2 N–H and O–H groups in total. The monoisotopic (exact) mass is 221 g/mol. The molecular weight excluding hydrogens is 206 g/mol. The predicted molar refractivity (Wildman–Crippen MR) is 60.0 cm³/mol. The molecule has 2 rings (SSSR count). The third-order valence-corrected chi connectivity index (χ3v) is 2.53. The van der Waals surface area contributed by atoms with Gasteiger partial charge in [-0.3, -0.25) is 4.79 Å². The molecule has 1 unspecified atom stereocenters. The highest BCUT2D eigenvalue weighted by Crippen LogP contribution is 2.09. The van der Waals surface area contributed by atoms with Gasteiger partial charge in [-0.15, -0.1) is 0 Å². The maximum atomic E-state index is 12.0. The Bertz CT molecular complexity index is 377. The largest absolute Gasteiger partial charge is 0.397 e. The highest BCUT2D eigenvalue weighted by molar-refractivity contribution is 5.92. The van der Waals surface area contributed by atoms with Crippen LogP contribution in [0.25, 0.3) is 0 Å². The van der Waals surface area contributed by atoms with E-state index < -0.39 is 0 Å². The zero-order valence-corrected chi connectivity index (χ0v) is 9.22. The van der Waals surface area contributed by atoms with Crippen LogP contribution >= 0.6 is 0 Å². The predicted octanol–water partition coefficient (Wildman–Crippen LogP) is 0.525. The van der Waals surface area contributed by atoms with Gasteiger partial charge >= 0.3 is 0 Å². The average molecular weight is 221 g/mol. The number of nitrogens with zero attached hydrogens (tertiary/aromatic N) is 2. The van der Waals surface area contributed by atoms with E-state index in [9.17, 15) is 4.79 Å². The fourth-order valence-electron chi connectivity index (χ4n) is 1.70. The number of morpholine rings is 1. The van der Waals surface area contributed by atoms with Gasteiger partial charge in [-0.1, -0.05) is 0 Å². The smallest absolute Gasteiger partial charge is 0.272 e. The zero-order chi connectivity index (χ0) is 11.5. The van der Waals surface area contributed by atoms with Gasteiger partial charge in [0.05, 0.1) is 24.6 Å². The molecule has 1 aromatic heterocycles. The van der Waals surface area contributed by atoms with E-state index in [0.29, 0.717) is 31.1 Å². The Kier molecular flexibility index (Phi) is 3.05. The lowest BCUT2D eigenvalue weighted by Gasteiger charge is -2.30. The molecule has 0 radical (unpaired) electrons. The van der Waals surface area contributed by atoms with E-state index in [0.717, 1.165) is 0 Å². The van der Waals surface area contributed by atoms with E-state index in [2.05, 4.69) is 4.98 Å². The number of rotatable bonds is 1. The molecule has 0 aromatic carbocycles. The summed E-state index contributed by atoms with van der Waals surface area (Å²) < 4.78 is 5.38. The molecule has 0 spiro atoms. The number of ether oxygens (including phenoxy) is 1. The van der Waals surface area contributed by atoms with Crippen LogP contribution in [0, 0.1) is 0 Å². The first-order chi connectivity index (χ1) is 7.66. The summed E-state index contributed by atoms with van der Waals surface area (Å²) >= 11 is 0. The van der Waals surface area contributed by atoms with E-state index in [4.69, 9.17) is 10.5 Å². The van der Waals surface area contributed by atoms with Crippen molar-refractivity contribution in [3.63, 3.8) is 0 Å². The number of pyridine rings is 1. The highest BCUT2D eigenvalue weighted by atomic mass is 16.5. The lowest BCUT2D eigenvalue weighted by atomic mass is 10.2. The van der Waals surface area contributed by atoms with E-state index in [1.165, 1.54) is 6.20 Å². The molecule has 1 fully saturated rings. The Balaban J connectivity index is 2.09. The van der Waals surface area contributed by atoms with Crippen LogP contribution in [-0.4, -0.2) is 41.6 Å². The first-order valence-electron chi connectivity index (χ1n) is 5.29. The molecule has 1 aromatic rings. The fourth-order valence-corrected chi connectivity index (χ4v) is 1.70. The van der Waals surface area contributed by atoms with Crippen LogP contribution in [0.1, 0.15) is 17.4 Å². The standard InChI is InChI=1S/C11H15N3O2/c1-8-7-14(4-5-16-8)11(15)10-3-2-9(12)6-13-10/h2-3,6,8H,4-5,7,12H2,1H3. The summed E-state index contributed by atoms with van der Waals surface area (Å²) in [5, 5.41) is 0. The van der Waals surface area contributed by atoms with Gasteiger partial charge in [0.1, 0.15) is 5.69 Å². The summed E-state index contributed by atoms with van der Waals surface area (Å²) in [5.74, 6) is -0.0600. The average Bonchev–Trinajstić information content (AvgIpc) is 2.29. The summed E-state index contributed by atoms with van der Waals surface area (Å²) in [6.45, 7) is 3.78. The van der Waals surface area contributed by atoms with Crippen LogP contribution in [0.2, 0.25) is 0 Å². The van der Waals surface area contributed by atoms with Gasteiger partial charge in [0.15, 0.2) is 0 Å². The van der Waals surface area contributed by atoms with Gasteiger partial charge in [0, 0.05) is 13.1 Å². The second-order valence-corrected chi connectivity index (χ2v) is 3.91.